The van der Waals surface area contributed by atoms with Gasteiger partial charge in [0, 0.05) is 26.2 Å². The number of pyridine rings is 1. The third-order valence-corrected chi connectivity index (χ3v) is 4.50. The van der Waals surface area contributed by atoms with E-state index in [1.54, 1.807) is 0 Å². The highest BCUT2D eigenvalue weighted by Crippen LogP contribution is 2.10. The minimum Gasteiger partial charge on any atom is -0.481 e. The summed E-state index contributed by atoms with van der Waals surface area (Å²) < 4.78 is 12.8. The smallest absolute Gasteiger partial charge is 0.326 e. The lowest BCUT2D eigenvalue weighted by Crippen LogP contribution is -2.52. The van der Waals surface area contributed by atoms with Gasteiger partial charge < -0.3 is 30.9 Å². The van der Waals surface area contributed by atoms with Crippen LogP contribution in [0, 0.1) is 5.95 Å². The van der Waals surface area contributed by atoms with Gasteiger partial charge in [-0.2, -0.15) is 4.39 Å². The fraction of sp³-hybridized carbons (Fsp3) is 0.474. The van der Waals surface area contributed by atoms with Gasteiger partial charge in [0.15, 0.2) is 0 Å². The van der Waals surface area contributed by atoms with Gasteiger partial charge in [-0.25, -0.2) is 19.4 Å². The predicted octanol–water partition coefficient (Wildman–Crippen LogP) is 0.533. The Kier molecular flexibility index (Phi) is 10.5. The van der Waals surface area contributed by atoms with Crippen LogP contribution >= 0.6 is 0 Å². The predicted molar refractivity (Wildman–Crippen MR) is 106 cm³/mol. The summed E-state index contributed by atoms with van der Waals surface area (Å²) in [6.07, 6.45) is 0.974. The fourth-order valence-corrected chi connectivity index (χ4v) is 2.68. The number of urea groups is 1. The second kappa shape index (κ2) is 12.8. The number of aliphatic carboxylic acids is 3. The first-order valence-electron chi connectivity index (χ1n) is 9.63. The quantitative estimate of drug-likeness (QED) is 0.208. The molecule has 1 aromatic rings. The van der Waals surface area contributed by atoms with Crippen molar-refractivity contribution in [3.63, 3.8) is 0 Å². The van der Waals surface area contributed by atoms with Crippen LogP contribution in [0.5, 0.6) is 0 Å². The van der Waals surface area contributed by atoms with E-state index in [0.29, 0.717) is 12.8 Å². The highest BCUT2D eigenvalue weighted by atomic mass is 19.1. The second-order valence-electron chi connectivity index (χ2n) is 6.86. The van der Waals surface area contributed by atoms with Crippen LogP contribution in [0.4, 0.5) is 9.18 Å². The van der Waals surface area contributed by atoms with Gasteiger partial charge in [-0.1, -0.05) is 0 Å². The number of aromatic nitrogens is 1. The molecule has 0 aliphatic carbocycles. The molecule has 1 heterocycles. The zero-order chi connectivity index (χ0) is 24.3. The zero-order valence-electron chi connectivity index (χ0n) is 17.3. The molecule has 0 aromatic carbocycles. The maximum Gasteiger partial charge on any atom is 0.326 e. The number of carboxylic acid groups (broad SMARTS) is 3. The number of hydrogen-bond acceptors (Lipinski definition) is 6. The molecule has 0 radical (unpaired) electrons. The lowest BCUT2D eigenvalue weighted by Gasteiger charge is -2.26. The number of halogens is 1. The van der Waals surface area contributed by atoms with Gasteiger partial charge in [-0.3, -0.25) is 9.59 Å². The number of carbonyl (C=O) groups is 5. The number of nitrogens with zero attached hydrogens (tertiary/aromatic N) is 2. The van der Waals surface area contributed by atoms with Gasteiger partial charge in [0.1, 0.15) is 12.1 Å². The molecular formula is C19H25FN4O8. The molecule has 3 amide bonds. The molecule has 176 valence electrons. The van der Waals surface area contributed by atoms with E-state index in [1.165, 1.54) is 13.1 Å². The lowest BCUT2D eigenvalue weighted by atomic mass is 10.1. The molecule has 0 fully saturated rings. The highest BCUT2D eigenvalue weighted by Gasteiger charge is 2.29. The van der Waals surface area contributed by atoms with Crippen LogP contribution in [0.2, 0.25) is 0 Å². The second-order valence-corrected chi connectivity index (χ2v) is 6.86. The van der Waals surface area contributed by atoms with E-state index >= 15 is 0 Å². The lowest BCUT2D eigenvalue weighted by molar-refractivity contribution is -0.142. The van der Waals surface area contributed by atoms with Crippen molar-refractivity contribution in [1.29, 1.82) is 0 Å². The average Bonchev–Trinajstić information content (AvgIpc) is 2.72. The first-order chi connectivity index (χ1) is 15.0. The molecule has 0 aliphatic heterocycles. The number of hydrogen-bond donors (Lipinski definition) is 5. The van der Waals surface area contributed by atoms with Crippen LogP contribution in [0.3, 0.4) is 0 Å². The molecule has 1 rings (SSSR count). The number of likely N-dealkylation sites (N-methyl/N-ethyl adjacent to an activating group) is 1. The van der Waals surface area contributed by atoms with E-state index in [2.05, 4.69) is 15.6 Å². The molecule has 2 atom stereocenters. The zero-order valence-corrected chi connectivity index (χ0v) is 17.3. The third-order valence-electron chi connectivity index (χ3n) is 4.50. The van der Waals surface area contributed by atoms with Crippen molar-refractivity contribution in [3.8, 4) is 0 Å². The summed E-state index contributed by atoms with van der Waals surface area (Å²) >= 11 is 0. The van der Waals surface area contributed by atoms with Crippen molar-refractivity contribution < 1.29 is 43.7 Å². The molecule has 0 bridgehead atoms. The van der Waals surface area contributed by atoms with Crippen molar-refractivity contribution in [2.75, 3.05) is 13.6 Å². The Morgan fingerprint density at radius 2 is 1.75 bits per heavy atom. The Balaban J connectivity index is 2.51. The minimum absolute atomic E-state index is 0.0279. The third kappa shape index (κ3) is 8.93. The first-order valence-corrected chi connectivity index (χ1v) is 9.63. The number of nitrogens with one attached hydrogen (secondary N) is 2. The van der Waals surface area contributed by atoms with E-state index in [1.807, 2.05) is 0 Å². The number of rotatable bonds is 13. The summed E-state index contributed by atoms with van der Waals surface area (Å²) in [5.41, 5.74) is 0.169. The maximum absolute atomic E-state index is 12.8. The number of unbranched alkanes of at least 4 members (excludes halogenated alkanes) is 1. The van der Waals surface area contributed by atoms with Crippen LogP contribution in [-0.2, 0) is 14.4 Å². The van der Waals surface area contributed by atoms with Crippen molar-refractivity contribution in [2.24, 2.45) is 0 Å². The Hall–Kier alpha value is -3.77. The van der Waals surface area contributed by atoms with Crippen LogP contribution in [-0.4, -0.2) is 80.7 Å². The molecule has 12 nitrogen and oxygen atoms in total. The van der Waals surface area contributed by atoms with Crippen LogP contribution in [0.25, 0.3) is 0 Å². The van der Waals surface area contributed by atoms with Crippen LogP contribution in [0.15, 0.2) is 18.3 Å². The summed E-state index contributed by atoms with van der Waals surface area (Å²) in [5, 5.41) is 31.9. The van der Waals surface area contributed by atoms with Gasteiger partial charge in [0.25, 0.3) is 5.91 Å². The number of amides is 3. The maximum atomic E-state index is 12.8. The van der Waals surface area contributed by atoms with Gasteiger partial charge in [0.2, 0.25) is 5.95 Å². The minimum atomic E-state index is -1.48. The van der Waals surface area contributed by atoms with Crippen molar-refractivity contribution >= 4 is 29.8 Å². The molecule has 1 unspecified atom stereocenters. The first kappa shape index (κ1) is 26.3. The van der Waals surface area contributed by atoms with E-state index in [9.17, 15) is 33.5 Å². The van der Waals surface area contributed by atoms with Gasteiger partial charge in [0.05, 0.1) is 5.56 Å². The van der Waals surface area contributed by atoms with Gasteiger partial charge in [-0.15, -0.1) is 0 Å². The Labute approximate surface area is 182 Å². The van der Waals surface area contributed by atoms with Gasteiger partial charge in [-0.05, 0) is 37.8 Å². The standard InChI is InChI=1S/C19H25FN4O8/c1-24(19(32)23-12(17(28)29)6-8-15(25)26)13(18(30)31)4-2-3-9-21-16(27)11-5-7-14(20)22-10-11/h5,7,10,12-13H,2-4,6,8-9H2,1H3,(H,21,27)(H,23,32)(H,25,26)(H,28,29)(H,30,31)/t12?,13-/m0/s1. The number of carbonyl (C=O) groups excluding carboxylic acids is 2. The molecule has 0 aliphatic rings. The van der Waals surface area contributed by atoms with Crippen molar-refractivity contribution in [2.45, 2.75) is 44.2 Å². The molecular weight excluding hydrogens is 431 g/mol. The topological polar surface area (TPSA) is 186 Å². The summed E-state index contributed by atoms with van der Waals surface area (Å²) in [6, 6.07) is -1.39. The molecule has 13 heteroatoms. The monoisotopic (exact) mass is 456 g/mol. The van der Waals surface area contributed by atoms with Crippen LogP contribution < -0.4 is 10.6 Å². The average molecular weight is 456 g/mol. The molecule has 1 aromatic heterocycles. The molecule has 0 saturated carbocycles. The normalized spacial score (nSPS) is 12.3. The highest BCUT2D eigenvalue weighted by molar-refractivity contribution is 5.93. The van der Waals surface area contributed by atoms with Crippen LogP contribution in [0.1, 0.15) is 42.5 Å². The Morgan fingerprint density at radius 1 is 1.06 bits per heavy atom. The van der Waals surface area contributed by atoms with Crippen molar-refractivity contribution in [1.82, 2.24) is 20.5 Å². The number of carboxylic acids is 3. The van der Waals surface area contributed by atoms with E-state index in [0.717, 1.165) is 17.2 Å². The molecule has 0 spiro atoms. The van der Waals surface area contributed by atoms with E-state index in [-0.39, 0.29) is 24.9 Å². The van der Waals surface area contributed by atoms with E-state index in [4.69, 9.17) is 10.2 Å². The molecule has 0 saturated heterocycles. The summed E-state index contributed by atoms with van der Waals surface area (Å²) in [6.45, 7) is 0.203. The molecule has 32 heavy (non-hydrogen) atoms. The summed E-state index contributed by atoms with van der Waals surface area (Å²) in [7, 11) is 1.19. The van der Waals surface area contributed by atoms with Crippen molar-refractivity contribution in [3.05, 3.63) is 29.8 Å². The summed E-state index contributed by atoms with van der Waals surface area (Å²) in [4.78, 5) is 61.7. The van der Waals surface area contributed by atoms with E-state index < -0.39 is 54.3 Å². The Bertz CT molecular complexity index is 833. The SMILES string of the molecule is CN(C(=O)NC(CCC(=O)O)C(=O)O)[C@@H](CCCCNC(=O)c1ccc(F)nc1)C(=O)O. The largest absolute Gasteiger partial charge is 0.481 e. The summed E-state index contributed by atoms with van der Waals surface area (Å²) in [5.74, 6) is -5.16. The molecule has 5 N–H and O–H groups in total. The Morgan fingerprint density at radius 3 is 2.28 bits per heavy atom. The fourth-order valence-electron chi connectivity index (χ4n) is 2.68. The van der Waals surface area contributed by atoms with Gasteiger partial charge >= 0.3 is 23.9 Å².